The first-order valence-electron chi connectivity index (χ1n) is 9.77. The van der Waals surface area contributed by atoms with E-state index in [1.807, 2.05) is 12.4 Å². The maximum atomic E-state index is 4.45. The van der Waals surface area contributed by atoms with Crippen molar-refractivity contribution in [3.05, 3.63) is 40.1 Å². The molecule has 1 aliphatic heterocycles. The zero-order chi connectivity index (χ0) is 17.1. The highest BCUT2D eigenvalue weighted by molar-refractivity contribution is 7.12. The molecular weight excluding hydrogens is 328 g/mol. The molecule has 3 heterocycles. The van der Waals surface area contributed by atoms with Crippen molar-refractivity contribution < 1.29 is 0 Å². The SMILES string of the molecule is Cn1ccnc1CN1CCN(Cc2ccc(C3CCCCC3)s2)CC1. The lowest BCUT2D eigenvalue weighted by Crippen LogP contribution is -2.45. The Labute approximate surface area is 155 Å². The first-order valence-corrected chi connectivity index (χ1v) is 10.6. The van der Waals surface area contributed by atoms with Gasteiger partial charge in [-0.2, -0.15) is 0 Å². The van der Waals surface area contributed by atoms with E-state index in [1.165, 1.54) is 51.0 Å². The van der Waals surface area contributed by atoms with E-state index in [1.54, 1.807) is 9.75 Å². The molecule has 25 heavy (non-hydrogen) atoms. The average Bonchev–Trinajstić information content (AvgIpc) is 3.27. The molecule has 0 amide bonds. The van der Waals surface area contributed by atoms with Crippen LogP contribution in [0, 0.1) is 0 Å². The molecule has 0 N–H and O–H groups in total. The highest BCUT2D eigenvalue weighted by Crippen LogP contribution is 2.36. The lowest BCUT2D eigenvalue weighted by molar-refractivity contribution is 0.120. The second-order valence-electron chi connectivity index (χ2n) is 7.65. The molecule has 0 spiro atoms. The first-order chi connectivity index (χ1) is 12.3. The summed E-state index contributed by atoms with van der Waals surface area (Å²) in [5.41, 5.74) is 0. The third-order valence-corrected chi connectivity index (χ3v) is 7.05. The van der Waals surface area contributed by atoms with Gasteiger partial charge in [0, 0.05) is 61.9 Å². The second-order valence-corrected chi connectivity index (χ2v) is 8.85. The number of piperazine rings is 1. The molecule has 2 aromatic heterocycles. The van der Waals surface area contributed by atoms with Crippen LogP contribution in [0.15, 0.2) is 24.5 Å². The summed E-state index contributed by atoms with van der Waals surface area (Å²) in [6, 6.07) is 4.79. The second kappa shape index (κ2) is 8.02. The summed E-state index contributed by atoms with van der Waals surface area (Å²) in [5, 5.41) is 0. The normalized spacial score (nSPS) is 21.0. The summed E-state index contributed by atoms with van der Waals surface area (Å²) >= 11 is 2.07. The summed E-state index contributed by atoms with van der Waals surface area (Å²) in [6.07, 6.45) is 11.0. The van der Waals surface area contributed by atoms with Crippen LogP contribution in [0.4, 0.5) is 0 Å². The fourth-order valence-corrected chi connectivity index (χ4v) is 5.39. The third-order valence-electron chi connectivity index (χ3n) is 5.82. The lowest BCUT2D eigenvalue weighted by atomic mass is 9.88. The van der Waals surface area contributed by atoms with Gasteiger partial charge >= 0.3 is 0 Å². The minimum Gasteiger partial charge on any atom is -0.337 e. The molecule has 1 aliphatic carbocycles. The fourth-order valence-electron chi connectivity index (χ4n) is 4.16. The van der Waals surface area contributed by atoms with E-state index in [0.29, 0.717) is 0 Å². The Bertz CT molecular complexity index is 663. The smallest absolute Gasteiger partial charge is 0.122 e. The maximum absolute atomic E-state index is 4.45. The number of aryl methyl sites for hydroxylation is 1. The van der Waals surface area contributed by atoms with Crippen LogP contribution in [0.3, 0.4) is 0 Å². The summed E-state index contributed by atoms with van der Waals surface area (Å²) in [7, 11) is 2.08. The quantitative estimate of drug-likeness (QED) is 0.811. The van der Waals surface area contributed by atoms with Gasteiger partial charge in [-0.3, -0.25) is 9.80 Å². The predicted molar refractivity (Wildman–Crippen MR) is 104 cm³/mol. The molecule has 1 saturated carbocycles. The summed E-state index contributed by atoms with van der Waals surface area (Å²) < 4.78 is 2.13. The Morgan fingerprint density at radius 2 is 1.72 bits per heavy atom. The minimum atomic E-state index is 0.849. The predicted octanol–water partition coefficient (Wildman–Crippen LogP) is 3.85. The molecule has 2 fully saturated rings. The summed E-state index contributed by atoms with van der Waals surface area (Å²) in [4.78, 5) is 12.8. The van der Waals surface area contributed by atoms with Crippen LogP contribution in [0.1, 0.15) is 53.6 Å². The summed E-state index contributed by atoms with van der Waals surface area (Å²) in [6.45, 7) is 6.74. The molecule has 1 saturated heterocycles. The van der Waals surface area contributed by atoms with Gasteiger partial charge in [-0.25, -0.2) is 4.98 Å². The van der Waals surface area contributed by atoms with Crippen molar-refractivity contribution in [3.63, 3.8) is 0 Å². The molecule has 0 bridgehead atoms. The van der Waals surface area contributed by atoms with Gasteiger partial charge in [-0.15, -0.1) is 11.3 Å². The van der Waals surface area contributed by atoms with Crippen LogP contribution in [0.25, 0.3) is 0 Å². The van der Waals surface area contributed by atoms with Crippen LogP contribution < -0.4 is 0 Å². The van der Waals surface area contributed by atoms with Crippen LogP contribution in [0.2, 0.25) is 0 Å². The number of nitrogens with zero attached hydrogens (tertiary/aromatic N) is 4. The van der Waals surface area contributed by atoms with E-state index in [4.69, 9.17) is 0 Å². The van der Waals surface area contributed by atoms with Gasteiger partial charge in [0.1, 0.15) is 5.82 Å². The van der Waals surface area contributed by atoms with Crippen LogP contribution in [-0.2, 0) is 20.1 Å². The minimum absolute atomic E-state index is 0.849. The number of aromatic nitrogens is 2. The molecule has 5 heteroatoms. The first kappa shape index (κ1) is 17.3. The van der Waals surface area contributed by atoms with Crippen molar-refractivity contribution in [2.24, 2.45) is 7.05 Å². The van der Waals surface area contributed by atoms with Crippen molar-refractivity contribution in [2.75, 3.05) is 26.2 Å². The Kier molecular flexibility index (Phi) is 5.54. The number of thiophene rings is 1. The Balaban J connectivity index is 1.26. The van der Waals surface area contributed by atoms with Crippen molar-refractivity contribution in [2.45, 2.75) is 51.1 Å². The zero-order valence-corrected chi connectivity index (χ0v) is 16.2. The standard InChI is InChI=1S/C20H30N4S/c1-22-10-9-21-20(22)16-24-13-11-23(12-14-24)15-18-7-8-19(25-18)17-5-3-2-4-6-17/h7-10,17H,2-6,11-16H2,1H3. The van der Waals surface area contributed by atoms with Crippen molar-refractivity contribution in [1.29, 1.82) is 0 Å². The molecular formula is C20H30N4S. The van der Waals surface area contributed by atoms with Crippen LogP contribution >= 0.6 is 11.3 Å². The number of rotatable bonds is 5. The lowest BCUT2D eigenvalue weighted by Gasteiger charge is -2.34. The van der Waals surface area contributed by atoms with Gasteiger partial charge in [0.05, 0.1) is 6.54 Å². The van der Waals surface area contributed by atoms with Crippen molar-refractivity contribution in [1.82, 2.24) is 19.4 Å². The van der Waals surface area contributed by atoms with Gasteiger partial charge in [0.25, 0.3) is 0 Å². The van der Waals surface area contributed by atoms with E-state index >= 15 is 0 Å². The van der Waals surface area contributed by atoms with Gasteiger partial charge in [-0.1, -0.05) is 19.3 Å². The number of imidazole rings is 1. The van der Waals surface area contributed by atoms with Crippen LogP contribution in [0.5, 0.6) is 0 Å². The van der Waals surface area contributed by atoms with Gasteiger partial charge in [0.2, 0.25) is 0 Å². The van der Waals surface area contributed by atoms with E-state index in [0.717, 1.165) is 32.1 Å². The molecule has 0 unspecified atom stereocenters. The number of hydrogen-bond donors (Lipinski definition) is 0. The van der Waals surface area contributed by atoms with E-state index in [-0.39, 0.29) is 0 Å². The topological polar surface area (TPSA) is 24.3 Å². The largest absolute Gasteiger partial charge is 0.337 e. The monoisotopic (exact) mass is 358 g/mol. The molecule has 2 aromatic rings. The van der Waals surface area contributed by atoms with Crippen LogP contribution in [-0.4, -0.2) is 45.5 Å². The Morgan fingerprint density at radius 3 is 2.40 bits per heavy atom. The fraction of sp³-hybridized carbons (Fsp3) is 0.650. The van der Waals surface area contributed by atoms with E-state index < -0.39 is 0 Å². The highest BCUT2D eigenvalue weighted by Gasteiger charge is 2.20. The highest BCUT2D eigenvalue weighted by atomic mass is 32.1. The molecule has 2 aliphatic rings. The zero-order valence-electron chi connectivity index (χ0n) is 15.4. The molecule has 0 radical (unpaired) electrons. The van der Waals surface area contributed by atoms with E-state index in [2.05, 4.69) is 49.9 Å². The van der Waals surface area contributed by atoms with Gasteiger partial charge < -0.3 is 4.57 Å². The molecule has 4 nitrogen and oxygen atoms in total. The van der Waals surface area contributed by atoms with Gasteiger partial charge in [-0.05, 0) is 30.9 Å². The Hall–Kier alpha value is -1.17. The van der Waals surface area contributed by atoms with Crippen molar-refractivity contribution in [3.8, 4) is 0 Å². The molecule has 0 aromatic carbocycles. The van der Waals surface area contributed by atoms with E-state index in [9.17, 15) is 0 Å². The maximum Gasteiger partial charge on any atom is 0.122 e. The molecule has 136 valence electrons. The number of hydrogen-bond acceptors (Lipinski definition) is 4. The van der Waals surface area contributed by atoms with Crippen molar-refractivity contribution >= 4 is 11.3 Å². The average molecular weight is 359 g/mol. The Morgan fingerprint density at radius 1 is 1.00 bits per heavy atom. The molecule has 0 atom stereocenters. The molecule has 4 rings (SSSR count). The summed E-state index contributed by atoms with van der Waals surface area (Å²) in [5.74, 6) is 2.02. The van der Waals surface area contributed by atoms with Gasteiger partial charge in [0.15, 0.2) is 0 Å². The third kappa shape index (κ3) is 4.33.